The second kappa shape index (κ2) is 11.6. The van der Waals surface area contributed by atoms with Crippen molar-refractivity contribution in [3.63, 3.8) is 0 Å². The summed E-state index contributed by atoms with van der Waals surface area (Å²) in [4.78, 5) is 14.2. The van der Waals surface area contributed by atoms with Gasteiger partial charge in [-0.25, -0.2) is 4.39 Å². The first-order valence-electron chi connectivity index (χ1n) is 11.9. The highest BCUT2D eigenvalue weighted by molar-refractivity contribution is 7.80. The molecule has 2 aliphatic rings. The van der Waals surface area contributed by atoms with E-state index in [0.717, 1.165) is 49.7 Å². The molecule has 0 unspecified atom stereocenters. The lowest BCUT2D eigenvalue weighted by molar-refractivity contribution is 0.122. The number of hydrogen-bond acceptors (Lipinski definition) is 6. The molecule has 0 radical (unpaired) electrons. The van der Waals surface area contributed by atoms with Gasteiger partial charge < -0.3 is 25.2 Å². The smallest absolute Gasteiger partial charge is 0.232 e. The Morgan fingerprint density at radius 2 is 1.88 bits per heavy atom. The van der Waals surface area contributed by atoms with E-state index < -0.39 is 0 Å². The zero-order chi connectivity index (χ0) is 23.0. The molecule has 178 valence electrons. The van der Waals surface area contributed by atoms with Gasteiger partial charge in [-0.05, 0) is 68.9 Å². The number of nitrogens with one attached hydrogen (secondary N) is 2. The fourth-order valence-electron chi connectivity index (χ4n) is 4.31. The van der Waals surface area contributed by atoms with E-state index in [1.54, 1.807) is 0 Å². The second-order valence-electron chi connectivity index (χ2n) is 8.66. The fraction of sp³-hybridized carbons (Fsp3) is 0.542. The number of thiocarbonyl (C=S) groups is 1. The molecule has 9 heteroatoms. The Bertz CT molecular complexity index is 922. The number of nitrogens with zero attached hydrogens (tertiary/aromatic N) is 4. The second-order valence-corrected chi connectivity index (χ2v) is 9.06. The van der Waals surface area contributed by atoms with Gasteiger partial charge in [0, 0.05) is 38.3 Å². The van der Waals surface area contributed by atoms with Gasteiger partial charge in [0.2, 0.25) is 5.95 Å². The summed E-state index contributed by atoms with van der Waals surface area (Å²) in [6, 6.07) is 9.18. The Morgan fingerprint density at radius 1 is 1.12 bits per heavy atom. The van der Waals surface area contributed by atoms with Crippen molar-refractivity contribution in [2.45, 2.75) is 45.1 Å². The summed E-state index contributed by atoms with van der Waals surface area (Å²) in [6.07, 6.45) is 5.36. The molecule has 33 heavy (non-hydrogen) atoms. The van der Waals surface area contributed by atoms with Crippen molar-refractivity contribution in [3.05, 3.63) is 41.7 Å². The number of piperidine rings is 1. The molecule has 4 rings (SSSR count). The van der Waals surface area contributed by atoms with Gasteiger partial charge in [-0.2, -0.15) is 9.97 Å². The van der Waals surface area contributed by atoms with E-state index in [9.17, 15) is 4.39 Å². The quantitative estimate of drug-likeness (QED) is 0.467. The third-order valence-corrected chi connectivity index (χ3v) is 6.44. The van der Waals surface area contributed by atoms with Gasteiger partial charge in [-0.1, -0.05) is 12.1 Å². The molecule has 3 heterocycles. The molecule has 1 aromatic carbocycles. The highest BCUT2D eigenvalue weighted by atomic mass is 32.1. The van der Waals surface area contributed by atoms with E-state index in [4.69, 9.17) is 26.9 Å². The lowest BCUT2D eigenvalue weighted by atomic mass is 10.0. The number of aryl methyl sites for hydroxylation is 1. The maximum Gasteiger partial charge on any atom is 0.232 e. The van der Waals surface area contributed by atoms with Crippen LogP contribution >= 0.6 is 12.2 Å². The molecule has 2 aliphatic heterocycles. The number of aromatic nitrogens is 2. The van der Waals surface area contributed by atoms with Crippen LogP contribution in [0.2, 0.25) is 0 Å². The number of rotatable bonds is 7. The van der Waals surface area contributed by atoms with Crippen LogP contribution in [-0.4, -0.2) is 60.5 Å². The molecule has 1 atom stereocenters. The fourth-order valence-corrected chi connectivity index (χ4v) is 4.50. The Balaban J connectivity index is 1.38. The molecule has 2 saturated heterocycles. The summed E-state index contributed by atoms with van der Waals surface area (Å²) in [5.41, 5.74) is 1.11. The minimum Gasteiger partial charge on any atom is -0.378 e. The first-order chi connectivity index (χ1) is 16.1. The molecule has 0 bridgehead atoms. The monoisotopic (exact) mass is 472 g/mol. The maximum absolute atomic E-state index is 13.0. The normalized spacial score (nSPS) is 18.8. The average Bonchev–Trinajstić information content (AvgIpc) is 2.83. The van der Waals surface area contributed by atoms with Crippen LogP contribution in [0.4, 0.5) is 22.0 Å². The van der Waals surface area contributed by atoms with Crippen LogP contribution in [0.25, 0.3) is 0 Å². The van der Waals surface area contributed by atoms with Gasteiger partial charge in [0.05, 0.1) is 13.2 Å². The number of benzene rings is 1. The van der Waals surface area contributed by atoms with Crippen molar-refractivity contribution in [1.29, 1.82) is 0 Å². The molecular formula is C24H33FN6OS. The molecule has 2 aromatic rings. The van der Waals surface area contributed by atoms with Gasteiger partial charge in [-0.3, -0.25) is 0 Å². The third-order valence-electron chi connectivity index (χ3n) is 6.20. The van der Waals surface area contributed by atoms with Crippen molar-refractivity contribution in [2.75, 3.05) is 54.5 Å². The van der Waals surface area contributed by atoms with Crippen LogP contribution in [0.3, 0.4) is 0 Å². The Hall–Kier alpha value is -2.52. The summed E-state index contributed by atoms with van der Waals surface area (Å²) in [5.74, 6) is 2.16. The molecule has 7 nitrogen and oxygen atoms in total. The van der Waals surface area contributed by atoms with E-state index in [1.165, 1.54) is 31.4 Å². The van der Waals surface area contributed by atoms with Gasteiger partial charge in [0.25, 0.3) is 0 Å². The SMILES string of the molecule is C[C@@H]1CCCCN1c1cc(N2CCOCC2)nc(NC(=S)NCCCc2ccc(F)cc2)n1. The van der Waals surface area contributed by atoms with Crippen LogP contribution in [0, 0.1) is 5.82 Å². The highest BCUT2D eigenvalue weighted by Crippen LogP contribution is 2.27. The van der Waals surface area contributed by atoms with Crippen molar-refractivity contribution >= 4 is 34.9 Å². The highest BCUT2D eigenvalue weighted by Gasteiger charge is 2.23. The lowest BCUT2D eigenvalue weighted by Crippen LogP contribution is -2.40. The minimum atomic E-state index is -0.208. The van der Waals surface area contributed by atoms with E-state index in [-0.39, 0.29) is 5.82 Å². The van der Waals surface area contributed by atoms with Crippen molar-refractivity contribution < 1.29 is 9.13 Å². The van der Waals surface area contributed by atoms with Crippen LogP contribution in [0.5, 0.6) is 0 Å². The molecule has 1 aromatic heterocycles. The van der Waals surface area contributed by atoms with Crippen LogP contribution < -0.4 is 20.4 Å². The maximum atomic E-state index is 13.0. The van der Waals surface area contributed by atoms with Crippen LogP contribution in [-0.2, 0) is 11.2 Å². The first-order valence-corrected chi connectivity index (χ1v) is 12.3. The zero-order valence-electron chi connectivity index (χ0n) is 19.2. The van der Waals surface area contributed by atoms with Crippen molar-refractivity contribution in [1.82, 2.24) is 15.3 Å². The van der Waals surface area contributed by atoms with Gasteiger partial charge >= 0.3 is 0 Å². The molecule has 0 aliphatic carbocycles. The van der Waals surface area contributed by atoms with Gasteiger partial charge in [0.15, 0.2) is 5.11 Å². The molecule has 0 saturated carbocycles. The zero-order valence-corrected chi connectivity index (χ0v) is 20.0. The van der Waals surface area contributed by atoms with E-state index in [0.29, 0.717) is 36.9 Å². The van der Waals surface area contributed by atoms with Crippen LogP contribution in [0.15, 0.2) is 30.3 Å². The average molecular weight is 473 g/mol. The van der Waals surface area contributed by atoms with Gasteiger partial charge in [0.1, 0.15) is 17.5 Å². The third kappa shape index (κ3) is 6.74. The Labute approximate surface area is 200 Å². The van der Waals surface area contributed by atoms with Gasteiger partial charge in [-0.15, -0.1) is 0 Å². The summed E-state index contributed by atoms with van der Waals surface area (Å²) < 4.78 is 18.6. The largest absolute Gasteiger partial charge is 0.378 e. The molecular weight excluding hydrogens is 439 g/mol. The molecule has 2 fully saturated rings. The topological polar surface area (TPSA) is 65.6 Å². The number of halogens is 1. The summed E-state index contributed by atoms with van der Waals surface area (Å²) in [6.45, 7) is 7.02. The molecule has 0 spiro atoms. The number of ether oxygens (including phenoxy) is 1. The van der Waals surface area contributed by atoms with E-state index in [1.807, 2.05) is 12.1 Å². The predicted octanol–water partition coefficient (Wildman–Crippen LogP) is 3.75. The number of hydrogen-bond donors (Lipinski definition) is 2. The predicted molar refractivity (Wildman–Crippen MR) is 135 cm³/mol. The standard InChI is InChI=1S/C24H33FN6OS/c1-18-5-2-3-12-31(18)22-17-21(30-13-15-32-16-14-30)27-23(28-22)29-24(33)26-11-4-6-19-7-9-20(25)10-8-19/h7-10,17-18H,2-6,11-16H2,1H3,(H2,26,27,28,29,33)/t18-/m1/s1. The van der Waals surface area contributed by atoms with Crippen molar-refractivity contribution in [3.8, 4) is 0 Å². The van der Waals surface area contributed by atoms with E-state index >= 15 is 0 Å². The molecule has 0 amide bonds. The summed E-state index contributed by atoms with van der Waals surface area (Å²) in [7, 11) is 0. The number of morpholine rings is 1. The summed E-state index contributed by atoms with van der Waals surface area (Å²) in [5, 5.41) is 6.93. The summed E-state index contributed by atoms with van der Waals surface area (Å²) >= 11 is 5.51. The Kier molecular flexibility index (Phi) is 8.28. The van der Waals surface area contributed by atoms with E-state index in [2.05, 4.69) is 33.4 Å². The molecule has 2 N–H and O–H groups in total. The first kappa shape index (κ1) is 23.6. The van der Waals surface area contributed by atoms with Crippen LogP contribution in [0.1, 0.15) is 38.2 Å². The Morgan fingerprint density at radius 3 is 2.64 bits per heavy atom. The van der Waals surface area contributed by atoms with Crippen molar-refractivity contribution in [2.24, 2.45) is 0 Å². The minimum absolute atomic E-state index is 0.208. The lowest BCUT2D eigenvalue weighted by Gasteiger charge is -2.35. The number of anilines is 3.